The van der Waals surface area contributed by atoms with Crippen LogP contribution in [0.3, 0.4) is 0 Å². The van der Waals surface area contributed by atoms with Gasteiger partial charge in [0, 0.05) is 6.04 Å². The van der Waals surface area contributed by atoms with Gasteiger partial charge in [-0.05, 0) is 81.5 Å². The van der Waals surface area contributed by atoms with E-state index in [0.717, 1.165) is 29.5 Å². The van der Waals surface area contributed by atoms with Crippen LogP contribution in [0.5, 0.6) is 0 Å². The predicted molar refractivity (Wildman–Crippen MR) is 134 cm³/mol. The molecule has 0 bridgehead atoms. The van der Waals surface area contributed by atoms with Crippen molar-refractivity contribution in [2.45, 2.75) is 51.5 Å². The van der Waals surface area contributed by atoms with Crippen molar-refractivity contribution in [3.8, 4) is 0 Å². The van der Waals surface area contributed by atoms with Crippen molar-refractivity contribution in [3.63, 3.8) is 0 Å². The Morgan fingerprint density at radius 3 is 2.09 bits per heavy atom. The summed E-state index contributed by atoms with van der Waals surface area (Å²) in [6.07, 6.45) is 1.61. The summed E-state index contributed by atoms with van der Waals surface area (Å²) in [5, 5.41) is 2.97. The van der Waals surface area contributed by atoms with Crippen LogP contribution in [0.4, 0.5) is 5.69 Å². The maximum atomic E-state index is 13.5. The lowest BCUT2D eigenvalue weighted by atomic mass is 10.1. The Labute approximate surface area is 197 Å². The molecule has 0 aliphatic heterocycles. The van der Waals surface area contributed by atoms with Gasteiger partial charge in [-0.3, -0.25) is 9.10 Å². The number of sulfonamides is 1. The predicted octanol–water partition coefficient (Wildman–Crippen LogP) is 4.94. The summed E-state index contributed by atoms with van der Waals surface area (Å²) in [6.45, 7) is 7.39. The number of carbonyl (C=O) groups excluding carboxylic acids is 1. The minimum atomic E-state index is -3.92. The molecule has 1 atom stereocenters. The molecule has 174 valence electrons. The van der Waals surface area contributed by atoms with Gasteiger partial charge in [0.1, 0.15) is 6.54 Å². The Balaban J connectivity index is 1.80. The lowest BCUT2D eigenvalue weighted by molar-refractivity contribution is -0.120. The number of carbonyl (C=O) groups is 1. The first-order valence-corrected chi connectivity index (χ1v) is 12.6. The molecule has 0 spiro atoms. The van der Waals surface area contributed by atoms with Gasteiger partial charge in [0.2, 0.25) is 5.91 Å². The van der Waals surface area contributed by atoms with E-state index in [4.69, 9.17) is 0 Å². The van der Waals surface area contributed by atoms with Crippen LogP contribution < -0.4 is 9.62 Å². The van der Waals surface area contributed by atoms with Crippen molar-refractivity contribution in [1.82, 2.24) is 5.32 Å². The van der Waals surface area contributed by atoms with E-state index >= 15 is 0 Å². The maximum Gasteiger partial charge on any atom is 0.264 e. The number of nitrogens with zero attached hydrogens (tertiary/aromatic N) is 1. The van der Waals surface area contributed by atoms with E-state index in [0.29, 0.717) is 5.69 Å². The highest BCUT2D eigenvalue weighted by Crippen LogP contribution is 2.26. The molecule has 0 fully saturated rings. The SMILES string of the molecule is Cc1ccc(S(=O)(=O)N(CC(=O)N[C@@H](C)CCc2ccccc2)c2cc(C)cc(C)c2)cc1. The van der Waals surface area contributed by atoms with Gasteiger partial charge in [0.25, 0.3) is 10.0 Å². The third kappa shape index (κ3) is 6.68. The lowest BCUT2D eigenvalue weighted by Crippen LogP contribution is -2.43. The second kappa shape index (κ2) is 10.7. The van der Waals surface area contributed by atoms with Crippen LogP contribution in [-0.4, -0.2) is 26.9 Å². The number of benzene rings is 3. The molecule has 0 radical (unpaired) electrons. The Kier molecular flexibility index (Phi) is 7.92. The zero-order valence-electron chi connectivity index (χ0n) is 19.7. The van der Waals surface area contributed by atoms with Gasteiger partial charge in [-0.15, -0.1) is 0 Å². The van der Waals surface area contributed by atoms with Gasteiger partial charge >= 0.3 is 0 Å². The highest BCUT2D eigenvalue weighted by Gasteiger charge is 2.28. The smallest absolute Gasteiger partial charge is 0.264 e. The molecule has 0 unspecified atom stereocenters. The van der Waals surface area contributed by atoms with Crippen LogP contribution in [0.1, 0.15) is 35.6 Å². The zero-order valence-corrected chi connectivity index (χ0v) is 20.5. The third-order valence-corrected chi connectivity index (χ3v) is 7.29. The molecular weight excluding hydrogens is 432 g/mol. The summed E-state index contributed by atoms with van der Waals surface area (Å²) in [7, 11) is -3.92. The Morgan fingerprint density at radius 2 is 1.48 bits per heavy atom. The van der Waals surface area contributed by atoms with E-state index in [9.17, 15) is 13.2 Å². The molecule has 1 amide bonds. The first-order valence-electron chi connectivity index (χ1n) is 11.2. The molecule has 0 saturated carbocycles. The van der Waals surface area contributed by atoms with E-state index in [1.54, 1.807) is 36.4 Å². The van der Waals surface area contributed by atoms with Crippen molar-refractivity contribution in [2.24, 2.45) is 0 Å². The molecule has 5 nitrogen and oxygen atoms in total. The molecule has 0 aromatic heterocycles. The van der Waals surface area contributed by atoms with E-state index in [1.165, 1.54) is 9.87 Å². The number of anilines is 1. The maximum absolute atomic E-state index is 13.5. The number of rotatable bonds is 9. The monoisotopic (exact) mass is 464 g/mol. The zero-order chi connectivity index (χ0) is 24.0. The van der Waals surface area contributed by atoms with Crippen molar-refractivity contribution in [2.75, 3.05) is 10.8 Å². The number of nitrogens with one attached hydrogen (secondary N) is 1. The van der Waals surface area contributed by atoms with E-state index in [1.807, 2.05) is 52.0 Å². The van der Waals surface area contributed by atoms with E-state index in [-0.39, 0.29) is 23.4 Å². The number of hydrogen-bond donors (Lipinski definition) is 1. The number of aryl methyl sites for hydroxylation is 4. The van der Waals surface area contributed by atoms with Crippen LogP contribution in [0.25, 0.3) is 0 Å². The summed E-state index contributed by atoms with van der Waals surface area (Å²) in [4.78, 5) is 13.1. The molecule has 1 N–H and O–H groups in total. The highest BCUT2D eigenvalue weighted by atomic mass is 32.2. The van der Waals surface area contributed by atoms with Gasteiger partial charge in [0.15, 0.2) is 0 Å². The lowest BCUT2D eigenvalue weighted by Gasteiger charge is -2.26. The Hall–Kier alpha value is -3.12. The summed E-state index contributed by atoms with van der Waals surface area (Å²) in [5.74, 6) is -0.328. The summed E-state index contributed by atoms with van der Waals surface area (Å²) >= 11 is 0. The summed E-state index contributed by atoms with van der Waals surface area (Å²) < 4.78 is 28.3. The Morgan fingerprint density at radius 1 is 0.879 bits per heavy atom. The van der Waals surface area contributed by atoms with Crippen LogP contribution in [-0.2, 0) is 21.2 Å². The topological polar surface area (TPSA) is 66.5 Å². The average Bonchev–Trinajstić information content (AvgIpc) is 2.76. The molecule has 3 rings (SSSR count). The van der Waals surface area contributed by atoms with Gasteiger partial charge in [-0.2, -0.15) is 0 Å². The first-order chi connectivity index (χ1) is 15.6. The van der Waals surface area contributed by atoms with Crippen molar-refractivity contribution >= 4 is 21.6 Å². The van der Waals surface area contributed by atoms with Crippen molar-refractivity contribution in [1.29, 1.82) is 0 Å². The van der Waals surface area contributed by atoms with Crippen molar-refractivity contribution in [3.05, 3.63) is 95.1 Å². The second-order valence-corrected chi connectivity index (χ2v) is 10.5. The molecule has 6 heteroatoms. The van der Waals surface area contributed by atoms with Crippen LogP contribution in [0, 0.1) is 20.8 Å². The normalized spacial score (nSPS) is 12.2. The molecule has 0 heterocycles. The van der Waals surface area contributed by atoms with Gasteiger partial charge in [-0.25, -0.2) is 8.42 Å². The fourth-order valence-corrected chi connectivity index (χ4v) is 5.20. The van der Waals surface area contributed by atoms with Crippen LogP contribution >= 0.6 is 0 Å². The quantitative estimate of drug-likeness (QED) is 0.488. The molecular formula is C27H32N2O3S. The van der Waals surface area contributed by atoms with Crippen LogP contribution in [0.2, 0.25) is 0 Å². The molecule has 3 aromatic rings. The van der Waals surface area contributed by atoms with Gasteiger partial charge < -0.3 is 5.32 Å². The first kappa shape index (κ1) is 24.5. The van der Waals surface area contributed by atoms with E-state index in [2.05, 4.69) is 17.4 Å². The fraction of sp³-hybridized carbons (Fsp3) is 0.296. The minimum Gasteiger partial charge on any atom is -0.352 e. The molecule has 0 aliphatic rings. The van der Waals surface area contributed by atoms with Gasteiger partial charge in [0.05, 0.1) is 10.6 Å². The molecule has 33 heavy (non-hydrogen) atoms. The molecule has 0 aliphatic carbocycles. The largest absolute Gasteiger partial charge is 0.352 e. The third-order valence-electron chi connectivity index (χ3n) is 5.51. The Bertz CT molecular complexity index is 1170. The molecule has 0 saturated heterocycles. The average molecular weight is 465 g/mol. The van der Waals surface area contributed by atoms with Crippen molar-refractivity contribution < 1.29 is 13.2 Å². The summed E-state index contributed by atoms with van der Waals surface area (Å²) in [6, 6.07) is 22.3. The highest BCUT2D eigenvalue weighted by molar-refractivity contribution is 7.92. The minimum absolute atomic E-state index is 0.0825. The number of hydrogen-bond acceptors (Lipinski definition) is 3. The second-order valence-electron chi connectivity index (χ2n) is 8.66. The van der Waals surface area contributed by atoms with Gasteiger partial charge in [-0.1, -0.05) is 54.1 Å². The summed E-state index contributed by atoms with van der Waals surface area (Å²) in [5.41, 5.74) is 4.53. The van der Waals surface area contributed by atoms with E-state index < -0.39 is 10.0 Å². The van der Waals surface area contributed by atoms with Crippen LogP contribution in [0.15, 0.2) is 77.7 Å². The fourth-order valence-electron chi connectivity index (χ4n) is 3.80. The number of amides is 1. The molecule has 3 aromatic carbocycles. The standard InChI is InChI=1S/C27H32N2O3S/c1-20-10-14-26(15-11-20)33(31,32)29(25-17-21(2)16-22(3)18-25)19-27(30)28-23(4)12-13-24-8-6-5-7-9-24/h5-11,14-18,23H,12-13,19H2,1-4H3,(H,28,30)/t23-/m0/s1.